The van der Waals surface area contributed by atoms with Gasteiger partial charge >= 0.3 is 0 Å². The van der Waals surface area contributed by atoms with Gasteiger partial charge in [0.1, 0.15) is 12.1 Å². The number of hydrogen-bond acceptors (Lipinski definition) is 2. The molecule has 0 aliphatic rings. The molecule has 54 heavy (non-hydrogen) atoms. The van der Waals surface area contributed by atoms with Crippen LogP contribution in [0.5, 0.6) is 0 Å². The number of para-hydroxylation sites is 2. The highest BCUT2D eigenvalue weighted by Crippen LogP contribution is 2.40. The molecule has 0 atom stereocenters. The van der Waals surface area contributed by atoms with Gasteiger partial charge in [0.15, 0.2) is 0 Å². The molecule has 0 saturated heterocycles. The van der Waals surface area contributed by atoms with E-state index in [4.69, 9.17) is 0 Å². The van der Waals surface area contributed by atoms with Crippen LogP contribution in [0.4, 0.5) is 0 Å². The summed E-state index contributed by atoms with van der Waals surface area (Å²) in [6.07, 6.45) is 0. The smallest absolute Gasteiger partial charge is 0.101 e. The quantitative estimate of drug-likeness (QED) is 0.181. The molecule has 0 fully saturated rings. The Morgan fingerprint density at radius 3 is 1.33 bits per heavy atom. The summed E-state index contributed by atoms with van der Waals surface area (Å²) < 4.78 is 4.56. The number of fused-ring (bicyclic) bond motifs is 6. The second-order valence-corrected chi connectivity index (χ2v) is 13.6. The van der Waals surface area contributed by atoms with E-state index < -0.39 is 0 Å². The predicted octanol–water partition coefficient (Wildman–Crippen LogP) is 12.6. The van der Waals surface area contributed by atoms with E-state index in [-0.39, 0.29) is 0 Å². The van der Waals surface area contributed by atoms with E-state index in [0.717, 1.165) is 66.5 Å². The highest BCUT2D eigenvalue weighted by atomic mass is 15.0. The maximum absolute atomic E-state index is 10.2. The van der Waals surface area contributed by atoms with Crippen LogP contribution >= 0.6 is 0 Å². The van der Waals surface area contributed by atoms with Crippen LogP contribution in [0.1, 0.15) is 11.1 Å². The van der Waals surface area contributed by atoms with Gasteiger partial charge in [0.2, 0.25) is 0 Å². The zero-order valence-electron chi connectivity index (χ0n) is 29.1. The van der Waals surface area contributed by atoms with Crippen LogP contribution in [0, 0.1) is 22.7 Å². The highest BCUT2D eigenvalue weighted by molar-refractivity contribution is 6.12. The van der Waals surface area contributed by atoms with Gasteiger partial charge in [0, 0.05) is 32.8 Å². The lowest BCUT2D eigenvalue weighted by Crippen LogP contribution is -2.00. The number of nitrogens with zero attached hydrogens (tertiary/aromatic N) is 4. The van der Waals surface area contributed by atoms with Crippen molar-refractivity contribution in [2.24, 2.45) is 0 Å². The summed E-state index contributed by atoms with van der Waals surface area (Å²) in [6, 6.07) is 68.0. The molecule has 0 aliphatic carbocycles. The van der Waals surface area contributed by atoms with E-state index in [1.165, 1.54) is 21.9 Å². The van der Waals surface area contributed by atoms with Gasteiger partial charge in [-0.1, -0.05) is 121 Å². The molecule has 10 rings (SSSR count). The third kappa shape index (κ3) is 4.90. The molecule has 0 bridgehead atoms. The van der Waals surface area contributed by atoms with Crippen LogP contribution in [0.25, 0.3) is 88.4 Å². The number of hydrogen-bond donors (Lipinski definition) is 0. The molecule has 0 unspecified atom stereocenters. The van der Waals surface area contributed by atoms with Crippen molar-refractivity contribution in [1.29, 1.82) is 10.5 Å². The first-order valence-electron chi connectivity index (χ1n) is 18.0. The van der Waals surface area contributed by atoms with Crippen molar-refractivity contribution in [3.05, 3.63) is 193 Å². The molecule has 4 heteroatoms. The Morgan fingerprint density at radius 2 is 0.778 bits per heavy atom. The van der Waals surface area contributed by atoms with Crippen molar-refractivity contribution < 1.29 is 0 Å². The summed E-state index contributed by atoms with van der Waals surface area (Å²) in [7, 11) is 0. The maximum atomic E-state index is 10.2. The van der Waals surface area contributed by atoms with Gasteiger partial charge < -0.3 is 9.13 Å². The second kappa shape index (κ2) is 12.5. The number of aromatic nitrogens is 2. The fraction of sp³-hybridized carbons (Fsp3) is 0. The first-order valence-corrected chi connectivity index (χ1v) is 18.0. The Hall–Kier alpha value is -7.66. The van der Waals surface area contributed by atoms with Gasteiger partial charge in [-0.2, -0.15) is 10.5 Å². The summed E-state index contributed by atoms with van der Waals surface area (Å²) in [5.74, 6) is 0. The fourth-order valence-electron chi connectivity index (χ4n) is 8.08. The summed E-state index contributed by atoms with van der Waals surface area (Å²) in [5, 5.41) is 25.0. The molecule has 0 aliphatic heterocycles. The molecular weight excluding hydrogens is 657 g/mol. The lowest BCUT2D eigenvalue weighted by molar-refractivity contribution is 1.17. The van der Waals surface area contributed by atoms with Crippen LogP contribution < -0.4 is 0 Å². The standard InChI is InChI=1S/C50H30N4/c51-31-38-29-43(50(30-39(38)32-52)54-47-18-10-8-16-42(47)45-28-37(22-26-49(45)54)34-13-5-2-6-14-34)35-19-23-40(24-20-35)53-46-17-9-7-15-41(46)44-27-36(21-25-48(44)53)33-11-3-1-4-12-33/h1-30H. The van der Waals surface area contributed by atoms with Crippen LogP contribution in [0.2, 0.25) is 0 Å². The van der Waals surface area contributed by atoms with Crippen molar-refractivity contribution in [2.45, 2.75) is 0 Å². The van der Waals surface area contributed by atoms with Gasteiger partial charge in [-0.3, -0.25) is 0 Å². The monoisotopic (exact) mass is 686 g/mol. The molecule has 0 N–H and O–H groups in total. The number of rotatable bonds is 5. The Balaban J connectivity index is 1.15. The zero-order valence-corrected chi connectivity index (χ0v) is 29.1. The first-order chi connectivity index (χ1) is 26.7. The van der Waals surface area contributed by atoms with Crippen molar-refractivity contribution in [2.75, 3.05) is 0 Å². The Labute approximate surface area is 312 Å². The highest BCUT2D eigenvalue weighted by Gasteiger charge is 2.20. The van der Waals surface area contributed by atoms with E-state index in [1.807, 2.05) is 30.3 Å². The number of nitriles is 2. The largest absolute Gasteiger partial charge is 0.309 e. The van der Waals surface area contributed by atoms with Gasteiger partial charge in [-0.15, -0.1) is 0 Å². The molecule has 8 aromatic carbocycles. The van der Waals surface area contributed by atoms with Gasteiger partial charge in [-0.05, 0) is 88.5 Å². The Bertz CT molecular complexity index is 3150. The van der Waals surface area contributed by atoms with Gasteiger partial charge in [0.05, 0.1) is 38.9 Å². The molecule has 0 spiro atoms. The lowest BCUT2D eigenvalue weighted by Gasteiger charge is -2.16. The van der Waals surface area contributed by atoms with Crippen molar-refractivity contribution >= 4 is 43.6 Å². The van der Waals surface area contributed by atoms with Crippen LogP contribution in [-0.2, 0) is 0 Å². The Kier molecular flexibility index (Phi) is 7.22. The molecule has 4 nitrogen and oxygen atoms in total. The topological polar surface area (TPSA) is 57.4 Å². The lowest BCUT2D eigenvalue weighted by atomic mass is 9.97. The summed E-state index contributed by atoms with van der Waals surface area (Å²) in [5.41, 5.74) is 13.4. The van der Waals surface area contributed by atoms with E-state index in [2.05, 4.69) is 173 Å². The minimum absolute atomic E-state index is 0.347. The average molecular weight is 687 g/mol. The van der Waals surface area contributed by atoms with Crippen molar-refractivity contribution in [3.8, 4) is 56.9 Å². The van der Waals surface area contributed by atoms with E-state index in [0.29, 0.717) is 11.1 Å². The zero-order chi connectivity index (χ0) is 36.2. The third-order valence-corrected chi connectivity index (χ3v) is 10.6. The summed E-state index contributed by atoms with van der Waals surface area (Å²) in [4.78, 5) is 0. The molecule has 0 saturated carbocycles. The normalized spacial score (nSPS) is 11.3. The minimum atomic E-state index is 0.347. The minimum Gasteiger partial charge on any atom is -0.309 e. The first kappa shape index (κ1) is 31.1. The molecule has 0 amide bonds. The molecule has 250 valence electrons. The average Bonchev–Trinajstić information content (AvgIpc) is 3.76. The van der Waals surface area contributed by atoms with Gasteiger partial charge in [0.25, 0.3) is 0 Å². The van der Waals surface area contributed by atoms with E-state index in [1.54, 1.807) is 0 Å². The predicted molar refractivity (Wildman–Crippen MR) is 221 cm³/mol. The van der Waals surface area contributed by atoms with E-state index >= 15 is 0 Å². The summed E-state index contributed by atoms with van der Waals surface area (Å²) >= 11 is 0. The Morgan fingerprint density at radius 1 is 0.333 bits per heavy atom. The van der Waals surface area contributed by atoms with Crippen molar-refractivity contribution in [1.82, 2.24) is 9.13 Å². The van der Waals surface area contributed by atoms with Crippen LogP contribution in [0.15, 0.2) is 182 Å². The fourth-order valence-corrected chi connectivity index (χ4v) is 8.08. The molecule has 2 heterocycles. The third-order valence-electron chi connectivity index (χ3n) is 10.6. The molecule has 10 aromatic rings. The molecular formula is C50H30N4. The SMILES string of the molecule is N#Cc1cc(-c2ccc(-n3c4ccccc4c4cc(-c5ccccc5)ccc43)cc2)c(-n2c3ccccc3c3cc(-c4ccccc4)ccc32)cc1C#N. The number of benzene rings is 8. The van der Waals surface area contributed by atoms with Crippen molar-refractivity contribution in [3.63, 3.8) is 0 Å². The maximum Gasteiger partial charge on any atom is 0.101 e. The summed E-state index contributed by atoms with van der Waals surface area (Å²) in [6.45, 7) is 0. The van der Waals surface area contributed by atoms with E-state index in [9.17, 15) is 10.5 Å². The molecule has 2 aromatic heterocycles. The van der Waals surface area contributed by atoms with Gasteiger partial charge in [-0.25, -0.2) is 0 Å². The van der Waals surface area contributed by atoms with Crippen LogP contribution in [-0.4, -0.2) is 9.13 Å². The second-order valence-electron chi connectivity index (χ2n) is 13.6. The van der Waals surface area contributed by atoms with Crippen LogP contribution in [0.3, 0.4) is 0 Å². The molecule has 0 radical (unpaired) electrons.